The van der Waals surface area contributed by atoms with Gasteiger partial charge in [0.05, 0.1) is 29.3 Å². The lowest BCUT2D eigenvalue weighted by Crippen LogP contribution is -1.94. The minimum Gasteiger partial charge on any atom is -0.496 e. The molecule has 2 aromatic carbocycles. The molecule has 3 aromatic rings. The van der Waals surface area contributed by atoms with E-state index >= 15 is 0 Å². The standard InChI is InChI=1S/C15H12N2O3/c1-20-13-5-3-2-4-10(13)14-16-11-7-6-9(15(18)19)8-12(11)17-14/h2-8H,1H3,(H,16,17)(H,18,19). The van der Waals surface area contributed by atoms with E-state index in [2.05, 4.69) is 9.97 Å². The number of para-hydroxylation sites is 1. The number of aromatic nitrogens is 2. The maximum absolute atomic E-state index is 11.0. The van der Waals surface area contributed by atoms with Gasteiger partial charge in [-0.25, -0.2) is 9.78 Å². The van der Waals surface area contributed by atoms with Crippen molar-refractivity contribution in [3.63, 3.8) is 0 Å². The highest BCUT2D eigenvalue weighted by Gasteiger charge is 2.11. The van der Waals surface area contributed by atoms with Gasteiger partial charge in [0.2, 0.25) is 0 Å². The van der Waals surface area contributed by atoms with Crippen molar-refractivity contribution in [1.82, 2.24) is 9.97 Å². The second-order valence-corrected chi connectivity index (χ2v) is 4.32. The summed E-state index contributed by atoms with van der Waals surface area (Å²) in [7, 11) is 1.60. The number of methoxy groups -OCH3 is 1. The van der Waals surface area contributed by atoms with E-state index in [0.29, 0.717) is 17.1 Å². The van der Waals surface area contributed by atoms with Crippen LogP contribution in [-0.4, -0.2) is 28.2 Å². The summed E-state index contributed by atoms with van der Waals surface area (Å²) in [6.45, 7) is 0. The first-order valence-electron chi connectivity index (χ1n) is 6.05. The van der Waals surface area contributed by atoms with E-state index in [0.717, 1.165) is 11.1 Å². The molecule has 1 aromatic heterocycles. The van der Waals surface area contributed by atoms with Crippen LogP contribution in [0.1, 0.15) is 10.4 Å². The van der Waals surface area contributed by atoms with Crippen LogP contribution in [0.25, 0.3) is 22.4 Å². The number of rotatable bonds is 3. The van der Waals surface area contributed by atoms with E-state index in [9.17, 15) is 4.79 Å². The van der Waals surface area contributed by atoms with Crippen LogP contribution in [0.5, 0.6) is 5.75 Å². The molecule has 2 N–H and O–H groups in total. The maximum atomic E-state index is 11.0. The zero-order valence-corrected chi connectivity index (χ0v) is 10.8. The van der Waals surface area contributed by atoms with Crippen molar-refractivity contribution in [3.8, 4) is 17.1 Å². The number of carbonyl (C=O) groups is 1. The van der Waals surface area contributed by atoms with Crippen LogP contribution in [0, 0.1) is 0 Å². The molecule has 0 amide bonds. The number of carboxylic acids is 1. The highest BCUT2D eigenvalue weighted by atomic mass is 16.5. The smallest absolute Gasteiger partial charge is 0.335 e. The molecule has 0 saturated carbocycles. The number of nitrogens with zero attached hydrogens (tertiary/aromatic N) is 1. The average Bonchev–Trinajstić information content (AvgIpc) is 2.89. The lowest BCUT2D eigenvalue weighted by Gasteiger charge is -2.04. The van der Waals surface area contributed by atoms with E-state index in [1.54, 1.807) is 19.2 Å². The van der Waals surface area contributed by atoms with E-state index < -0.39 is 5.97 Å². The fourth-order valence-electron chi connectivity index (χ4n) is 2.11. The molecule has 0 atom stereocenters. The number of hydrogen-bond donors (Lipinski definition) is 2. The Kier molecular flexibility index (Phi) is 2.87. The first-order chi connectivity index (χ1) is 9.69. The van der Waals surface area contributed by atoms with Gasteiger partial charge in [-0.15, -0.1) is 0 Å². The molecule has 0 spiro atoms. The minimum absolute atomic E-state index is 0.229. The van der Waals surface area contributed by atoms with Gasteiger partial charge in [0, 0.05) is 0 Å². The van der Waals surface area contributed by atoms with E-state index in [-0.39, 0.29) is 5.56 Å². The van der Waals surface area contributed by atoms with Crippen molar-refractivity contribution in [1.29, 1.82) is 0 Å². The van der Waals surface area contributed by atoms with Crippen molar-refractivity contribution in [2.24, 2.45) is 0 Å². The molecule has 20 heavy (non-hydrogen) atoms. The number of imidazole rings is 1. The van der Waals surface area contributed by atoms with Crippen molar-refractivity contribution in [2.75, 3.05) is 7.11 Å². The summed E-state index contributed by atoms with van der Waals surface area (Å²) in [5, 5.41) is 9.00. The van der Waals surface area contributed by atoms with Crippen LogP contribution in [0.2, 0.25) is 0 Å². The molecule has 100 valence electrons. The fourth-order valence-corrected chi connectivity index (χ4v) is 2.11. The molecular weight excluding hydrogens is 256 g/mol. The van der Waals surface area contributed by atoms with Crippen LogP contribution in [-0.2, 0) is 0 Å². The number of ether oxygens (including phenoxy) is 1. The number of hydrogen-bond acceptors (Lipinski definition) is 3. The van der Waals surface area contributed by atoms with Crippen LogP contribution in [0.3, 0.4) is 0 Å². The molecule has 1 heterocycles. The number of fused-ring (bicyclic) bond motifs is 1. The number of aromatic carboxylic acids is 1. The zero-order valence-electron chi connectivity index (χ0n) is 10.8. The Bertz CT molecular complexity index is 793. The predicted molar refractivity (Wildman–Crippen MR) is 75.0 cm³/mol. The Morgan fingerprint density at radius 2 is 2.05 bits per heavy atom. The average molecular weight is 268 g/mol. The Morgan fingerprint density at radius 1 is 1.25 bits per heavy atom. The van der Waals surface area contributed by atoms with Gasteiger partial charge in [-0.2, -0.15) is 0 Å². The summed E-state index contributed by atoms with van der Waals surface area (Å²) in [6.07, 6.45) is 0. The van der Waals surface area contributed by atoms with Gasteiger partial charge >= 0.3 is 5.97 Å². The first kappa shape index (κ1) is 12.2. The van der Waals surface area contributed by atoms with Crippen molar-refractivity contribution < 1.29 is 14.6 Å². The van der Waals surface area contributed by atoms with Crippen molar-refractivity contribution in [2.45, 2.75) is 0 Å². The maximum Gasteiger partial charge on any atom is 0.335 e. The third kappa shape index (κ3) is 1.99. The topological polar surface area (TPSA) is 75.2 Å². The number of carboxylic acid groups (broad SMARTS) is 1. The Labute approximate surface area is 114 Å². The van der Waals surface area contributed by atoms with Crippen LogP contribution < -0.4 is 4.74 Å². The molecule has 0 bridgehead atoms. The van der Waals surface area contributed by atoms with Gasteiger partial charge in [0.25, 0.3) is 0 Å². The summed E-state index contributed by atoms with van der Waals surface area (Å²) < 4.78 is 5.30. The highest BCUT2D eigenvalue weighted by molar-refractivity contribution is 5.93. The molecule has 0 aliphatic heterocycles. The Hall–Kier alpha value is -2.82. The second kappa shape index (κ2) is 4.70. The third-order valence-corrected chi connectivity index (χ3v) is 3.09. The van der Waals surface area contributed by atoms with Gasteiger partial charge in [-0.1, -0.05) is 12.1 Å². The molecule has 0 radical (unpaired) electrons. The molecule has 0 aliphatic carbocycles. The Balaban J connectivity index is 2.15. The molecule has 5 heteroatoms. The minimum atomic E-state index is -0.958. The first-order valence-corrected chi connectivity index (χ1v) is 6.05. The predicted octanol–water partition coefficient (Wildman–Crippen LogP) is 2.94. The molecular formula is C15H12N2O3. The van der Waals surface area contributed by atoms with Gasteiger partial charge < -0.3 is 14.8 Å². The van der Waals surface area contributed by atoms with E-state index in [4.69, 9.17) is 9.84 Å². The molecule has 0 aliphatic rings. The van der Waals surface area contributed by atoms with Crippen molar-refractivity contribution in [3.05, 3.63) is 48.0 Å². The van der Waals surface area contributed by atoms with E-state index in [1.165, 1.54) is 6.07 Å². The summed E-state index contributed by atoms with van der Waals surface area (Å²) in [4.78, 5) is 18.6. The summed E-state index contributed by atoms with van der Waals surface area (Å²) in [5.41, 5.74) is 2.47. The van der Waals surface area contributed by atoms with Crippen LogP contribution >= 0.6 is 0 Å². The Morgan fingerprint density at radius 3 is 2.80 bits per heavy atom. The number of benzene rings is 2. The molecule has 3 rings (SSSR count). The third-order valence-electron chi connectivity index (χ3n) is 3.09. The zero-order chi connectivity index (χ0) is 14.1. The van der Waals surface area contributed by atoms with Crippen molar-refractivity contribution >= 4 is 17.0 Å². The summed E-state index contributed by atoms with van der Waals surface area (Å²) in [5.74, 6) is 0.408. The molecule has 0 unspecified atom stereocenters. The number of aromatic amines is 1. The van der Waals surface area contributed by atoms with Crippen LogP contribution in [0.4, 0.5) is 0 Å². The van der Waals surface area contributed by atoms with Gasteiger partial charge in [0.15, 0.2) is 0 Å². The monoisotopic (exact) mass is 268 g/mol. The fraction of sp³-hybridized carbons (Fsp3) is 0.0667. The lowest BCUT2D eigenvalue weighted by molar-refractivity contribution is 0.0697. The molecule has 0 fully saturated rings. The quantitative estimate of drug-likeness (QED) is 0.765. The normalized spacial score (nSPS) is 10.7. The van der Waals surface area contributed by atoms with Gasteiger partial charge in [-0.05, 0) is 30.3 Å². The lowest BCUT2D eigenvalue weighted by atomic mass is 10.2. The number of nitrogens with one attached hydrogen (secondary N) is 1. The summed E-state index contributed by atoms with van der Waals surface area (Å²) >= 11 is 0. The molecule has 0 saturated heterocycles. The SMILES string of the molecule is COc1ccccc1-c1nc2ccc(C(=O)O)cc2[nH]1. The highest BCUT2D eigenvalue weighted by Crippen LogP contribution is 2.29. The number of H-pyrrole nitrogens is 1. The molecule has 5 nitrogen and oxygen atoms in total. The summed E-state index contributed by atoms with van der Waals surface area (Å²) in [6, 6.07) is 12.3. The largest absolute Gasteiger partial charge is 0.496 e. The van der Waals surface area contributed by atoms with Crippen LogP contribution in [0.15, 0.2) is 42.5 Å². The van der Waals surface area contributed by atoms with Gasteiger partial charge in [0.1, 0.15) is 11.6 Å². The van der Waals surface area contributed by atoms with Gasteiger partial charge in [-0.3, -0.25) is 0 Å². The second-order valence-electron chi connectivity index (χ2n) is 4.32. The van der Waals surface area contributed by atoms with E-state index in [1.807, 2.05) is 24.3 Å².